The third-order valence-electron chi connectivity index (χ3n) is 10.5. The van der Waals surface area contributed by atoms with Crippen molar-refractivity contribution in [1.82, 2.24) is 0 Å². The molecule has 3 fully saturated rings. The second kappa shape index (κ2) is 12.6. The third kappa shape index (κ3) is 6.76. The standard InChI is InChI=1S/C27H46O4S.Na.2H2O/c1-18(2)7-6-8-19(3)23-11-12-24-22-10-9-20-17-21(31-32(28,29)30)13-15-26(20,4)25(22)14-16-27(23,24)5;;;/h9,18-19,21-25H,6-8,10-17H2,1-5H3,(H,28,29,30);;2*1H2/q;+1;;/p-1/t19-,21+,22+,23-,24+,25+,26+,27-;;;/m1.../s1. The molecule has 0 saturated heterocycles. The van der Waals surface area contributed by atoms with Gasteiger partial charge >= 0.3 is 29.6 Å². The van der Waals surface area contributed by atoms with Gasteiger partial charge in [0.2, 0.25) is 10.4 Å². The van der Waals surface area contributed by atoms with Gasteiger partial charge in [-0.1, -0.05) is 65.5 Å². The van der Waals surface area contributed by atoms with Crippen molar-refractivity contribution in [3.05, 3.63) is 11.6 Å². The Morgan fingerprint density at radius 3 is 2.34 bits per heavy atom. The van der Waals surface area contributed by atoms with Gasteiger partial charge in [0.05, 0.1) is 6.10 Å². The van der Waals surface area contributed by atoms with E-state index in [1.54, 1.807) is 0 Å². The van der Waals surface area contributed by atoms with E-state index in [1.807, 2.05) is 0 Å². The van der Waals surface area contributed by atoms with Crippen molar-refractivity contribution in [2.75, 3.05) is 0 Å². The largest absolute Gasteiger partial charge is 1.00 e. The van der Waals surface area contributed by atoms with Crippen molar-refractivity contribution in [3.63, 3.8) is 0 Å². The molecule has 0 radical (unpaired) electrons. The van der Waals surface area contributed by atoms with E-state index in [4.69, 9.17) is 4.18 Å². The van der Waals surface area contributed by atoms with Crippen molar-refractivity contribution in [1.29, 1.82) is 0 Å². The third-order valence-corrected chi connectivity index (χ3v) is 11.0. The maximum atomic E-state index is 11.1. The van der Waals surface area contributed by atoms with Crippen LogP contribution in [0.1, 0.15) is 105 Å². The molecule has 0 bridgehead atoms. The first kappa shape index (κ1) is 33.6. The normalized spacial score (nSPS) is 39.1. The number of allylic oxidation sites excluding steroid dienone is 1. The fourth-order valence-corrected chi connectivity index (χ4v) is 9.40. The van der Waals surface area contributed by atoms with Crippen LogP contribution in [0.25, 0.3) is 0 Å². The predicted molar refractivity (Wildman–Crippen MR) is 135 cm³/mol. The summed E-state index contributed by atoms with van der Waals surface area (Å²) in [6.07, 6.45) is 14.8. The second-order valence-corrected chi connectivity index (χ2v) is 13.7. The van der Waals surface area contributed by atoms with Gasteiger partial charge < -0.3 is 15.5 Å². The number of rotatable bonds is 7. The molecule has 3 saturated carbocycles. The van der Waals surface area contributed by atoms with Crippen LogP contribution in [0.15, 0.2) is 11.6 Å². The molecular formula is C27H49NaO6S. The van der Waals surface area contributed by atoms with Crippen LogP contribution in [0.3, 0.4) is 0 Å². The maximum Gasteiger partial charge on any atom is 1.00 e. The van der Waals surface area contributed by atoms with E-state index in [0.29, 0.717) is 24.2 Å². The van der Waals surface area contributed by atoms with Crippen LogP contribution in [-0.2, 0) is 14.6 Å². The summed E-state index contributed by atoms with van der Waals surface area (Å²) in [7, 11) is -4.63. The summed E-state index contributed by atoms with van der Waals surface area (Å²) in [5.74, 6) is 4.78. The minimum absolute atomic E-state index is 0. The molecule has 8 atom stereocenters. The van der Waals surface area contributed by atoms with Crippen molar-refractivity contribution < 1.29 is 57.7 Å². The topological polar surface area (TPSA) is 129 Å². The summed E-state index contributed by atoms with van der Waals surface area (Å²) in [6.45, 7) is 12.2. The van der Waals surface area contributed by atoms with Crippen LogP contribution in [0, 0.1) is 46.3 Å². The molecule has 0 aromatic rings. The van der Waals surface area contributed by atoms with Gasteiger partial charge in [-0.25, -0.2) is 8.42 Å². The van der Waals surface area contributed by atoms with E-state index in [0.717, 1.165) is 42.4 Å². The molecule has 0 spiro atoms. The first-order valence-corrected chi connectivity index (χ1v) is 14.6. The van der Waals surface area contributed by atoms with Gasteiger partial charge in [-0.15, -0.1) is 0 Å². The molecule has 0 aromatic carbocycles. The average Bonchev–Trinajstić information content (AvgIpc) is 3.04. The van der Waals surface area contributed by atoms with Crippen LogP contribution in [0.4, 0.5) is 0 Å². The quantitative estimate of drug-likeness (QED) is 0.219. The van der Waals surface area contributed by atoms with Gasteiger partial charge in [0.15, 0.2) is 0 Å². The van der Waals surface area contributed by atoms with E-state index in [2.05, 4.69) is 40.7 Å². The van der Waals surface area contributed by atoms with E-state index in [1.165, 1.54) is 50.5 Å². The van der Waals surface area contributed by atoms with E-state index < -0.39 is 16.5 Å². The molecule has 200 valence electrons. The molecule has 35 heavy (non-hydrogen) atoms. The molecule has 0 aromatic heterocycles. The number of hydrogen-bond acceptors (Lipinski definition) is 4. The first-order valence-electron chi connectivity index (χ1n) is 13.3. The van der Waals surface area contributed by atoms with Gasteiger partial charge in [-0.05, 0) is 97.7 Å². The molecule has 4 aliphatic rings. The Bertz CT molecular complexity index is 830. The average molecular weight is 525 g/mol. The summed E-state index contributed by atoms with van der Waals surface area (Å²) in [4.78, 5) is 0. The van der Waals surface area contributed by atoms with Crippen molar-refractivity contribution in [3.8, 4) is 0 Å². The summed E-state index contributed by atoms with van der Waals surface area (Å²) in [6, 6.07) is 0. The first-order chi connectivity index (χ1) is 14.9. The predicted octanol–water partition coefficient (Wildman–Crippen LogP) is 2.23. The molecule has 6 nitrogen and oxygen atoms in total. The molecule has 4 aliphatic carbocycles. The molecule has 4 rings (SSSR count). The van der Waals surface area contributed by atoms with Gasteiger partial charge in [-0.2, -0.15) is 0 Å². The smallest absolute Gasteiger partial charge is 0.726 e. The maximum absolute atomic E-state index is 11.1. The second-order valence-electron chi connectivity index (χ2n) is 12.7. The Morgan fingerprint density at radius 1 is 1.03 bits per heavy atom. The summed E-state index contributed by atoms with van der Waals surface area (Å²) in [5.41, 5.74) is 1.99. The molecule has 8 heteroatoms. The summed E-state index contributed by atoms with van der Waals surface area (Å²) < 4.78 is 38.2. The Hall–Kier alpha value is 0.530. The Labute approximate surface area is 236 Å². The number of fused-ring (bicyclic) bond motifs is 5. The molecule has 0 unspecified atom stereocenters. The molecule has 0 amide bonds. The minimum Gasteiger partial charge on any atom is -0.726 e. The van der Waals surface area contributed by atoms with Crippen molar-refractivity contribution >= 4 is 10.4 Å². The summed E-state index contributed by atoms with van der Waals surface area (Å²) >= 11 is 0. The van der Waals surface area contributed by atoms with Gasteiger partial charge in [0, 0.05) is 0 Å². The van der Waals surface area contributed by atoms with Crippen LogP contribution in [0.5, 0.6) is 0 Å². The van der Waals surface area contributed by atoms with Gasteiger partial charge in [0.1, 0.15) is 0 Å². The van der Waals surface area contributed by atoms with Gasteiger partial charge in [-0.3, -0.25) is 4.18 Å². The molecular weight excluding hydrogens is 475 g/mol. The van der Waals surface area contributed by atoms with E-state index in [-0.39, 0.29) is 45.9 Å². The van der Waals surface area contributed by atoms with Crippen LogP contribution >= 0.6 is 0 Å². The fraction of sp³-hybridized carbons (Fsp3) is 0.926. The number of hydrogen-bond donors (Lipinski definition) is 0. The zero-order valence-electron chi connectivity index (χ0n) is 22.9. The Kier molecular flexibility index (Phi) is 12.1. The van der Waals surface area contributed by atoms with Crippen molar-refractivity contribution in [2.24, 2.45) is 46.3 Å². The SMILES string of the molecule is CC(C)CCC[C@@H](C)[C@H]1CC[C@H]2[C@@H]3CC=C4C[C@@H](OS(=O)(=O)[O-])CC[C@]4(C)[C@H]3CC[C@]12C.O.O.[Na+]. The molecule has 4 N–H and O–H groups in total. The minimum atomic E-state index is -4.63. The van der Waals surface area contributed by atoms with Crippen LogP contribution in [-0.4, -0.2) is 30.0 Å². The van der Waals surface area contributed by atoms with Crippen LogP contribution in [0.2, 0.25) is 0 Å². The van der Waals surface area contributed by atoms with Crippen LogP contribution < -0.4 is 29.6 Å². The summed E-state index contributed by atoms with van der Waals surface area (Å²) in [5, 5.41) is 0. The molecule has 0 aliphatic heterocycles. The zero-order valence-corrected chi connectivity index (χ0v) is 25.8. The molecule has 0 heterocycles. The van der Waals surface area contributed by atoms with E-state index in [9.17, 15) is 13.0 Å². The van der Waals surface area contributed by atoms with Gasteiger partial charge in [0.25, 0.3) is 0 Å². The zero-order chi connectivity index (χ0) is 23.3. The monoisotopic (exact) mass is 524 g/mol. The Balaban J connectivity index is 0.00000204. The fourth-order valence-electron chi connectivity index (χ4n) is 8.90. The van der Waals surface area contributed by atoms with Crippen molar-refractivity contribution in [2.45, 2.75) is 111 Å². The van der Waals surface area contributed by atoms with E-state index >= 15 is 0 Å². The Morgan fingerprint density at radius 2 is 1.71 bits per heavy atom.